The fourth-order valence-electron chi connectivity index (χ4n) is 2.33. The molecule has 4 nitrogen and oxygen atoms in total. The molecule has 22 heavy (non-hydrogen) atoms. The highest BCUT2D eigenvalue weighted by Crippen LogP contribution is 2.21. The third kappa shape index (κ3) is 3.20. The van der Waals surface area contributed by atoms with Crippen molar-refractivity contribution in [2.75, 3.05) is 19.0 Å². The van der Waals surface area contributed by atoms with E-state index in [1.807, 2.05) is 38.8 Å². The van der Waals surface area contributed by atoms with Crippen molar-refractivity contribution in [2.24, 2.45) is 0 Å². The van der Waals surface area contributed by atoms with Gasteiger partial charge in [0, 0.05) is 61.2 Å². The predicted molar refractivity (Wildman–Crippen MR) is 93.0 cm³/mol. The van der Waals surface area contributed by atoms with Gasteiger partial charge in [-0.1, -0.05) is 12.1 Å². The van der Waals surface area contributed by atoms with Gasteiger partial charge in [0.1, 0.15) is 5.82 Å². The summed E-state index contributed by atoms with van der Waals surface area (Å²) in [5, 5.41) is 0. The van der Waals surface area contributed by atoms with Crippen molar-refractivity contribution >= 4 is 21.6 Å². The number of hydrogen-bond donors (Lipinski definition) is 0. The van der Waals surface area contributed by atoms with Crippen LogP contribution in [0.3, 0.4) is 0 Å². The van der Waals surface area contributed by atoms with Gasteiger partial charge in [0.15, 0.2) is 0 Å². The minimum absolute atomic E-state index is 0.787. The Morgan fingerprint density at radius 1 is 1.14 bits per heavy atom. The van der Waals surface area contributed by atoms with Crippen molar-refractivity contribution in [3.05, 3.63) is 65.2 Å². The van der Waals surface area contributed by atoms with Gasteiger partial charge in [0.2, 0.25) is 0 Å². The quantitative estimate of drug-likeness (QED) is 0.712. The molecule has 3 aromatic rings. The first-order valence-corrected chi connectivity index (χ1v) is 7.81. The highest BCUT2D eigenvalue weighted by Gasteiger charge is 2.07. The molecule has 0 N–H and O–H groups in total. The molecule has 0 amide bonds. The first-order valence-electron chi connectivity index (χ1n) is 7.02. The Bertz CT molecular complexity index is 762. The maximum absolute atomic E-state index is 4.46. The van der Waals surface area contributed by atoms with E-state index in [-0.39, 0.29) is 0 Å². The Balaban J connectivity index is 1.86. The van der Waals surface area contributed by atoms with Gasteiger partial charge >= 0.3 is 0 Å². The molecule has 0 unspecified atom stereocenters. The fraction of sp³-hybridized carbons (Fsp3) is 0.176. The summed E-state index contributed by atoms with van der Waals surface area (Å²) in [7, 11) is 4.09. The Morgan fingerprint density at radius 3 is 2.59 bits per heavy atom. The molecular weight excluding hydrogens is 340 g/mol. The summed E-state index contributed by atoms with van der Waals surface area (Å²) in [5.74, 6) is 0.922. The molecule has 0 aliphatic rings. The average Bonchev–Trinajstić information content (AvgIpc) is 2.96. The zero-order chi connectivity index (χ0) is 15.5. The number of pyridine rings is 1. The van der Waals surface area contributed by atoms with E-state index in [2.05, 4.69) is 59.6 Å². The van der Waals surface area contributed by atoms with Gasteiger partial charge in [0.05, 0.1) is 0 Å². The van der Waals surface area contributed by atoms with Gasteiger partial charge in [-0.2, -0.15) is 0 Å². The maximum atomic E-state index is 4.46. The van der Waals surface area contributed by atoms with Crippen LogP contribution in [0, 0.1) is 0 Å². The summed E-state index contributed by atoms with van der Waals surface area (Å²) in [6.07, 6.45) is 7.43. The van der Waals surface area contributed by atoms with Gasteiger partial charge in [-0.15, -0.1) is 0 Å². The number of nitrogens with zero attached hydrogens (tertiary/aromatic N) is 4. The Kier molecular flexibility index (Phi) is 4.24. The van der Waals surface area contributed by atoms with E-state index < -0.39 is 0 Å². The molecule has 5 heteroatoms. The molecule has 2 aromatic heterocycles. The second kappa shape index (κ2) is 6.32. The van der Waals surface area contributed by atoms with Crippen LogP contribution in [0.25, 0.3) is 11.4 Å². The number of imidazole rings is 1. The molecule has 0 atom stereocenters. The van der Waals surface area contributed by atoms with Crippen LogP contribution in [0.2, 0.25) is 0 Å². The largest absolute Gasteiger partial charge is 0.378 e. The molecule has 0 aliphatic heterocycles. The van der Waals surface area contributed by atoms with E-state index in [1.165, 1.54) is 11.3 Å². The van der Waals surface area contributed by atoms with Crippen LogP contribution >= 0.6 is 15.9 Å². The van der Waals surface area contributed by atoms with Gasteiger partial charge in [-0.3, -0.25) is 4.98 Å². The van der Waals surface area contributed by atoms with Crippen molar-refractivity contribution in [1.29, 1.82) is 0 Å². The zero-order valence-electron chi connectivity index (χ0n) is 12.6. The standard InChI is InChI=1S/C17H17BrN4/c1-21(2)16-5-3-13(4-6-16)12-22-8-7-20-17(22)14-9-15(18)11-19-10-14/h3-11H,12H2,1-2H3. The van der Waals surface area contributed by atoms with E-state index in [4.69, 9.17) is 0 Å². The van der Waals surface area contributed by atoms with Crippen LogP contribution in [-0.4, -0.2) is 28.6 Å². The summed E-state index contributed by atoms with van der Waals surface area (Å²) < 4.78 is 3.09. The van der Waals surface area contributed by atoms with Crippen LogP contribution in [0.15, 0.2) is 59.6 Å². The summed E-state index contributed by atoms with van der Waals surface area (Å²) in [6, 6.07) is 10.6. The highest BCUT2D eigenvalue weighted by atomic mass is 79.9. The van der Waals surface area contributed by atoms with E-state index in [1.54, 1.807) is 6.20 Å². The molecule has 0 radical (unpaired) electrons. The van der Waals surface area contributed by atoms with E-state index >= 15 is 0 Å². The lowest BCUT2D eigenvalue weighted by Crippen LogP contribution is -2.08. The second-order valence-electron chi connectivity index (χ2n) is 5.33. The average molecular weight is 357 g/mol. The minimum atomic E-state index is 0.787. The minimum Gasteiger partial charge on any atom is -0.378 e. The number of rotatable bonds is 4. The Labute approximate surface area is 138 Å². The van der Waals surface area contributed by atoms with Crippen LogP contribution < -0.4 is 4.90 Å². The SMILES string of the molecule is CN(C)c1ccc(Cn2ccnc2-c2cncc(Br)c2)cc1. The fourth-order valence-corrected chi connectivity index (χ4v) is 2.69. The maximum Gasteiger partial charge on any atom is 0.141 e. The van der Waals surface area contributed by atoms with Crippen LogP contribution in [-0.2, 0) is 6.54 Å². The van der Waals surface area contributed by atoms with Gasteiger partial charge < -0.3 is 9.47 Å². The van der Waals surface area contributed by atoms with E-state index in [0.717, 1.165) is 22.4 Å². The first-order chi connectivity index (χ1) is 10.6. The van der Waals surface area contributed by atoms with E-state index in [0.29, 0.717) is 0 Å². The van der Waals surface area contributed by atoms with Crippen LogP contribution in [0.1, 0.15) is 5.56 Å². The normalized spacial score (nSPS) is 10.7. The smallest absolute Gasteiger partial charge is 0.141 e. The summed E-state index contributed by atoms with van der Waals surface area (Å²) >= 11 is 3.46. The third-order valence-electron chi connectivity index (χ3n) is 3.48. The lowest BCUT2D eigenvalue weighted by atomic mass is 10.2. The molecule has 0 saturated carbocycles. The molecule has 0 saturated heterocycles. The number of anilines is 1. The monoisotopic (exact) mass is 356 g/mol. The van der Waals surface area contributed by atoms with Gasteiger partial charge in [-0.25, -0.2) is 4.98 Å². The topological polar surface area (TPSA) is 34.0 Å². The lowest BCUT2D eigenvalue weighted by molar-refractivity contribution is 0.806. The van der Waals surface area contributed by atoms with Gasteiger partial charge in [-0.05, 0) is 39.7 Å². The summed E-state index contributed by atoms with van der Waals surface area (Å²) in [6.45, 7) is 0.787. The first kappa shape index (κ1) is 14.8. The molecular formula is C17H17BrN4. The van der Waals surface area contributed by atoms with Crippen molar-refractivity contribution in [3.63, 3.8) is 0 Å². The molecule has 0 fully saturated rings. The number of aromatic nitrogens is 3. The predicted octanol–water partition coefficient (Wildman–Crippen LogP) is 3.82. The van der Waals surface area contributed by atoms with Crippen molar-refractivity contribution in [3.8, 4) is 11.4 Å². The molecule has 0 bridgehead atoms. The Hall–Kier alpha value is -2.14. The summed E-state index contributed by atoms with van der Waals surface area (Å²) in [5.41, 5.74) is 3.45. The van der Waals surface area contributed by atoms with Crippen LogP contribution in [0.4, 0.5) is 5.69 Å². The zero-order valence-corrected chi connectivity index (χ0v) is 14.2. The molecule has 0 spiro atoms. The molecule has 112 valence electrons. The van der Waals surface area contributed by atoms with Crippen molar-refractivity contribution in [1.82, 2.24) is 14.5 Å². The van der Waals surface area contributed by atoms with Crippen molar-refractivity contribution < 1.29 is 0 Å². The molecule has 1 aromatic carbocycles. The molecule has 3 rings (SSSR count). The number of benzene rings is 1. The van der Waals surface area contributed by atoms with Gasteiger partial charge in [0.25, 0.3) is 0 Å². The molecule has 0 aliphatic carbocycles. The van der Waals surface area contributed by atoms with E-state index in [9.17, 15) is 0 Å². The second-order valence-corrected chi connectivity index (χ2v) is 6.25. The summed E-state index contributed by atoms with van der Waals surface area (Å²) in [4.78, 5) is 10.8. The van der Waals surface area contributed by atoms with Crippen molar-refractivity contribution in [2.45, 2.75) is 6.54 Å². The number of hydrogen-bond acceptors (Lipinski definition) is 3. The highest BCUT2D eigenvalue weighted by molar-refractivity contribution is 9.10. The number of halogens is 1. The van der Waals surface area contributed by atoms with Crippen LogP contribution in [0.5, 0.6) is 0 Å². The molecule has 2 heterocycles. The lowest BCUT2D eigenvalue weighted by Gasteiger charge is -2.13. The Morgan fingerprint density at radius 2 is 1.91 bits per heavy atom. The third-order valence-corrected chi connectivity index (χ3v) is 3.92.